The van der Waals surface area contributed by atoms with Crippen LogP contribution in [0.15, 0.2) is 0 Å². The van der Waals surface area contributed by atoms with Crippen molar-refractivity contribution in [3.8, 4) is 0 Å². The number of ether oxygens (including phenoxy) is 2. The highest BCUT2D eigenvalue weighted by atomic mass is 79.9. The smallest absolute Gasteiger partial charge is 0.180 e. The van der Waals surface area contributed by atoms with Gasteiger partial charge in [0.15, 0.2) is 5.79 Å². The van der Waals surface area contributed by atoms with E-state index in [1.54, 1.807) is 0 Å². The monoisotopic (exact) mass is 206 g/mol. The fourth-order valence-corrected chi connectivity index (χ4v) is 2.52. The van der Waals surface area contributed by atoms with Gasteiger partial charge in [-0.05, 0) is 12.8 Å². The van der Waals surface area contributed by atoms with Crippen molar-refractivity contribution >= 4 is 15.9 Å². The molecule has 1 saturated carbocycles. The van der Waals surface area contributed by atoms with Crippen LogP contribution >= 0.6 is 15.9 Å². The summed E-state index contributed by atoms with van der Waals surface area (Å²) in [5.41, 5.74) is 0. The highest BCUT2D eigenvalue weighted by Gasteiger charge is 2.46. The van der Waals surface area contributed by atoms with Crippen molar-refractivity contribution in [3.63, 3.8) is 0 Å². The number of hydrogen-bond acceptors (Lipinski definition) is 2. The Morgan fingerprint density at radius 1 is 1.30 bits per heavy atom. The Labute approximate surface area is 69.0 Å². The zero-order chi connectivity index (χ0) is 7.03. The topological polar surface area (TPSA) is 18.5 Å². The molecule has 1 aliphatic carbocycles. The van der Waals surface area contributed by atoms with Crippen molar-refractivity contribution in [2.75, 3.05) is 13.2 Å². The predicted molar refractivity (Wildman–Crippen MR) is 41.2 cm³/mol. The van der Waals surface area contributed by atoms with Crippen LogP contribution in [0.5, 0.6) is 0 Å². The van der Waals surface area contributed by atoms with Crippen molar-refractivity contribution in [3.05, 3.63) is 0 Å². The molecule has 2 aliphatic rings. The summed E-state index contributed by atoms with van der Waals surface area (Å²) in [4.78, 5) is 0.419. The SMILES string of the molecule is BrC1CCCC12OCCO2. The lowest BCUT2D eigenvalue weighted by atomic mass is 10.2. The number of hydrogen-bond donors (Lipinski definition) is 0. The van der Waals surface area contributed by atoms with E-state index in [0.29, 0.717) is 4.83 Å². The molecule has 0 aromatic heterocycles. The lowest BCUT2D eigenvalue weighted by Gasteiger charge is -2.24. The first-order valence-corrected chi connectivity index (χ1v) is 4.67. The summed E-state index contributed by atoms with van der Waals surface area (Å²) in [6.07, 6.45) is 3.46. The largest absolute Gasteiger partial charge is 0.346 e. The molecule has 0 bridgehead atoms. The van der Waals surface area contributed by atoms with Crippen LogP contribution in [0.3, 0.4) is 0 Å². The summed E-state index contributed by atoms with van der Waals surface area (Å²) in [5.74, 6) is -0.236. The lowest BCUT2D eigenvalue weighted by molar-refractivity contribution is -0.144. The molecule has 10 heavy (non-hydrogen) atoms. The Balaban J connectivity index is 2.11. The van der Waals surface area contributed by atoms with Gasteiger partial charge in [-0.2, -0.15) is 0 Å². The molecule has 0 amide bonds. The molecule has 1 spiro atoms. The molecule has 58 valence electrons. The zero-order valence-electron chi connectivity index (χ0n) is 5.81. The van der Waals surface area contributed by atoms with E-state index >= 15 is 0 Å². The van der Waals surface area contributed by atoms with Crippen molar-refractivity contribution in [1.29, 1.82) is 0 Å². The van der Waals surface area contributed by atoms with E-state index in [2.05, 4.69) is 15.9 Å². The second kappa shape index (κ2) is 2.47. The Kier molecular flexibility index (Phi) is 1.74. The maximum absolute atomic E-state index is 5.54. The molecule has 2 rings (SSSR count). The molecule has 1 saturated heterocycles. The summed E-state index contributed by atoms with van der Waals surface area (Å²) in [7, 11) is 0. The minimum absolute atomic E-state index is 0.236. The molecule has 2 nitrogen and oxygen atoms in total. The van der Waals surface area contributed by atoms with E-state index in [-0.39, 0.29) is 5.79 Å². The van der Waals surface area contributed by atoms with Gasteiger partial charge in [-0.25, -0.2) is 0 Å². The quantitative estimate of drug-likeness (QED) is 0.562. The maximum atomic E-state index is 5.54. The van der Waals surface area contributed by atoms with Crippen molar-refractivity contribution in [2.24, 2.45) is 0 Å². The molecule has 2 fully saturated rings. The van der Waals surface area contributed by atoms with Crippen LogP contribution in [0.4, 0.5) is 0 Å². The second-order valence-electron chi connectivity index (χ2n) is 2.87. The highest BCUT2D eigenvalue weighted by Crippen LogP contribution is 2.41. The summed E-state index contributed by atoms with van der Waals surface area (Å²) >= 11 is 3.57. The molecule has 0 aromatic rings. The average molecular weight is 207 g/mol. The standard InChI is InChI=1S/C7H11BrO2/c8-6-2-1-3-7(6)9-4-5-10-7/h6H,1-5H2. The number of alkyl halides is 1. The van der Waals surface area contributed by atoms with E-state index in [1.807, 2.05) is 0 Å². The van der Waals surface area contributed by atoms with E-state index < -0.39 is 0 Å². The van der Waals surface area contributed by atoms with Gasteiger partial charge in [0, 0.05) is 6.42 Å². The van der Waals surface area contributed by atoms with Gasteiger partial charge in [0.2, 0.25) is 0 Å². The molecule has 1 aliphatic heterocycles. The van der Waals surface area contributed by atoms with Crippen LogP contribution in [0.2, 0.25) is 0 Å². The zero-order valence-corrected chi connectivity index (χ0v) is 7.39. The van der Waals surface area contributed by atoms with Crippen LogP contribution < -0.4 is 0 Å². The minimum atomic E-state index is -0.236. The van der Waals surface area contributed by atoms with Gasteiger partial charge in [0.1, 0.15) is 0 Å². The Bertz CT molecular complexity index is 126. The van der Waals surface area contributed by atoms with Crippen molar-refractivity contribution in [1.82, 2.24) is 0 Å². The normalized spacial score (nSPS) is 37.5. The van der Waals surface area contributed by atoms with E-state index in [0.717, 1.165) is 19.6 Å². The fraction of sp³-hybridized carbons (Fsp3) is 1.00. The van der Waals surface area contributed by atoms with Gasteiger partial charge >= 0.3 is 0 Å². The van der Waals surface area contributed by atoms with Gasteiger partial charge in [0.25, 0.3) is 0 Å². The van der Waals surface area contributed by atoms with Crippen LogP contribution in [0, 0.1) is 0 Å². The summed E-state index contributed by atoms with van der Waals surface area (Å²) in [6, 6.07) is 0. The summed E-state index contributed by atoms with van der Waals surface area (Å²) in [5, 5.41) is 0. The van der Waals surface area contributed by atoms with E-state index in [4.69, 9.17) is 9.47 Å². The third kappa shape index (κ3) is 0.917. The second-order valence-corrected chi connectivity index (χ2v) is 3.97. The van der Waals surface area contributed by atoms with Gasteiger partial charge in [0.05, 0.1) is 18.0 Å². The maximum Gasteiger partial charge on any atom is 0.180 e. The lowest BCUT2D eigenvalue weighted by Crippen LogP contribution is -2.34. The molecule has 0 radical (unpaired) electrons. The molecule has 0 N–H and O–H groups in total. The van der Waals surface area contributed by atoms with E-state index in [9.17, 15) is 0 Å². The van der Waals surface area contributed by atoms with E-state index in [1.165, 1.54) is 12.8 Å². The van der Waals surface area contributed by atoms with Crippen LogP contribution in [0.1, 0.15) is 19.3 Å². The third-order valence-electron chi connectivity index (χ3n) is 2.24. The van der Waals surface area contributed by atoms with Gasteiger partial charge in [-0.15, -0.1) is 0 Å². The first-order valence-electron chi connectivity index (χ1n) is 3.75. The number of rotatable bonds is 0. The highest BCUT2D eigenvalue weighted by molar-refractivity contribution is 9.09. The van der Waals surface area contributed by atoms with Crippen LogP contribution in [-0.4, -0.2) is 23.8 Å². The molecular weight excluding hydrogens is 196 g/mol. The minimum Gasteiger partial charge on any atom is -0.346 e. The first kappa shape index (κ1) is 7.07. The third-order valence-corrected chi connectivity index (χ3v) is 3.39. The van der Waals surface area contributed by atoms with Crippen molar-refractivity contribution in [2.45, 2.75) is 29.9 Å². The Hall–Kier alpha value is 0.400. The predicted octanol–water partition coefficient (Wildman–Crippen LogP) is 1.68. The van der Waals surface area contributed by atoms with Crippen LogP contribution in [-0.2, 0) is 9.47 Å². The first-order chi connectivity index (χ1) is 4.83. The fourth-order valence-electron chi connectivity index (χ4n) is 1.70. The molecular formula is C7H11BrO2. The van der Waals surface area contributed by atoms with Crippen LogP contribution in [0.25, 0.3) is 0 Å². The Morgan fingerprint density at radius 2 is 2.00 bits per heavy atom. The molecule has 3 heteroatoms. The number of halogens is 1. The molecule has 1 atom stereocenters. The Morgan fingerprint density at radius 3 is 2.50 bits per heavy atom. The molecule has 0 aromatic carbocycles. The van der Waals surface area contributed by atoms with Gasteiger partial charge in [-0.3, -0.25) is 0 Å². The van der Waals surface area contributed by atoms with Crippen molar-refractivity contribution < 1.29 is 9.47 Å². The molecule has 1 heterocycles. The molecule has 1 unspecified atom stereocenters. The summed E-state index contributed by atoms with van der Waals surface area (Å²) < 4.78 is 11.1. The average Bonchev–Trinajstić information content (AvgIpc) is 2.48. The summed E-state index contributed by atoms with van der Waals surface area (Å²) in [6.45, 7) is 1.53. The van der Waals surface area contributed by atoms with Gasteiger partial charge in [-0.1, -0.05) is 15.9 Å². The van der Waals surface area contributed by atoms with Gasteiger partial charge < -0.3 is 9.47 Å².